The molecule has 0 saturated heterocycles. The van der Waals surface area contributed by atoms with Gasteiger partial charge in [0.1, 0.15) is 6.61 Å². The summed E-state index contributed by atoms with van der Waals surface area (Å²) in [7, 11) is -3.36. The van der Waals surface area contributed by atoms with E-state index in [-0.39, 0.29) is 23.1 Å². The van der Waals surface area contributed by atoms with E-state index in [2.05, 4.69) is 10.3 Å². The molecule has 0 aliphatic carbocycles. The highest BCUT2D eigenvalue weighted by Gasteiger charge is 2.15. The van der Waals surface area contributed by atoms with E-state index in [0.29, 0.717) is 36.7 Å². The number of sulfone groups is 1. The summed E-state index contributed by atoms with van der Waals surface area (Å²) in [6.07, 6.45) is 3.73. The highest BCUT2D eigenvalue weighted by Crippen LogP contribution is 2.29. The van der Waals surface area contributed by atoms with E-state index in [0.717, 1.165) is 5.56 Å². The number of benzene rings is 2. The summed E-state index contributed by atoms with van der Waals surface area (Å²) in [6.45, 7) is 2.85. The molecule has 8 heteroatoms. The number of ether oxygens (including phenoxy) is 2. The van der Waals surface area contributed by atoms with Crippen molar-refractivity contribution in [1.29, 1.82) is 0 Å². The molecule has 0 unspecified atom stereocenters. The van der Waals surface area contributed by atoms with Gasteiger partial charge >= 0.3 is 0 Å². The molecule has 0 saturated carbocycles. The highest BCUT2D eigenvalue weighted by atomic mass is 32.2. The van der Waals surface area contributed by atoms with Gasteiger partial charge in [-0.3, -0.25) is 9.78 Å². The lowest BCUT2D eigenvalue weighted by Crippen LogP contribution is -2.26. The van der Waals surface area contributed by atoms with Gasteiger partial charge in [0.15, 0.2) is 21.3 Å². The smallest absolute Gasteiger partial charge is 0.251 e. The predicted octanol–water partition coefficient (Wildman–Crippen LogP) is 3.65. The minimum Gasteiger partial charge on any atom is -0.490 e. The minimum atomic E-state index is -3.36. The maximum atomic E-state index is 12.5. The van der Waals surface area contributed by atoms with Crippen molar-refractivity contribution in [2.24, 2.45) is 0 Å². The lowest BCUT2D eigenvalue weighted by atomic mass is 10.2. The van der Waals surface area contributed by atoms with E-state index in [1.165, 1.54) is 0 Å². The molecule has 7 nitrogen and oxygen atoms in total. The molecule has 0 aliphatic heterocycles. The molecule has 1 amide bonds. The van der Waals surface area contributed by atoms with Gasteiger partial charge < -0.3 is 14.8 Å². The van der Waals surface area contributed by atoms with Crippen molar-refractivity contribution in [2.75, 3.05) is 18.9 Å². The summed E-state index contributed by atoms with van der Waals surface area (Å²) >= 11 is 0. The third-order valence-electron chi connectivity index (χ3n) is 4.60. The first-order valence-electron chi connectivity index (χ1n) is 10.3. The maximum Gasteiger partial charge on any atom is 0.251 e. The van der Waals surface area contributed by atoms with Gasteiger partial charge in [-0.05, 0) is 49.7 Å². The Bertz CT molecular complexity index is 1120. The largest absolute Gasteiger partial charge is 0.490 e. The van der Waals surface area contributed by atoms with Crippen LogP contribution in [0.5, 0.6) is 11.5 Å². The number of hydrogen-bond donors (Lipinski definition) is 1. The number of pyridine rings is 1. The molecule has 1 aromatic heterocycles. The van der Waals surface area contributed by atoms with Crippen LogP contribution in [-0.2, 0) is 16.4 Å². The van der Waals surface area contributed by atoms with Crippen LogP contribution in [0.15, 0.2) is 78.0 Å². The Morgan fingerprint density at radius 2 is 1.81 bits per heavy atom. The number of nitrogens with zero attached hydrogens (tertiary/aromatic N) is 1. The molecular formula is C24H26N2O5S. The quantitative estimate of drug-likeness (QED) is 0.445. The van der Waals surface area contributed by atoms with Crippen LogP contribution in [0.3, 0.4) is 0 Å². The van der Waals surface area contributed by atoms with Crippen molar-refractivity contribution in [2.45, 2.75) is 24.8 Å². The van der Waals surface area contributed by atoms with Gasteiger partial charge in [0.25, 0.3) is 5.91 Å². The van der Waals surface area contributed by atoms with Gasteiger partial charge in [-0.25, -0.2) is 8.42 Å². The Balaban J connectivity index is 1.56. The van der Waals surface area contributed by atoms with Crippen molar-refractivity contribution < 1.29 is 22.7 Å². The molecular weight excluding hydrogens is 428 g/mol. The van der Waals surface area contributed by atoms with Gasteiger partial charge in [0, 0.05) is 30.1 Å². The molecule has 0 radical (unpaired) electrons. The van der Waals surface area contributed by atoms with Crippen molar-refractivity contribution in [3.63, 3.8) is 0 Å². The lowest BCUT2D eigenvalue weighted by molar-refractivity contribution is 0.0953. The lowest BCUT2D eigenvalue weighted by Gasteiger charge is -2.13. The number of hydrogen-bond acceptors (Lipinski definition) is 6. The van der Waals surface area contributed by atoms with Crippen LogP contribution in [0.4, 0.5) is 0 Å². The van der Waals surface area contributed by atoms with Gasteiger partial charge in [-0.15, -0.1) is 0 Å². The Hall–Kier alpha value is -3.39. The number of aromatic nitrogens is 1. The Kier molecular flexibility index (Phi) is 8.21. The summed E-state index contributed by atoms with van der Waals surface area (Å²) < 4.78 is 36.1. The van der Waals surface area contributed by atoms with Crippen LogP contribution in [0.2, 0.25) is 0 Å². The van der Waals surface area contributed by atoms with Crippen molar-refractivity contribution >= 4 is 15.7 Å². The number of nitrogens with one attached hydrogen (secondary N) is 1. The zero-order valence-electron chi connectivity index (χ0n) is 17.9. The fraction of sp³-hybridized carbons (Fsp3) is 0.250. The predicted molar refractivity (Wildman–Crippen MR) is 122 cm³/mol. The number of carbonyl (C=O) groups excluding carboxylic acids is 1. The first-order chi connectivity index (χ1) is 15.5. The van der Waals surface area contributed by atoms with Crippen LogP contribution in [0.1, 0.15) is 29.3 Å². The maximum absolute atomic E-state index is 12.5. The second-order valence-electron chi connectivity index (χ2n) is 6.99. The molecule has 3 rings (SSSR count). The molecule has 0 fully saturated rings. The standard InChI is InChI=1S/C24H26N2O5S/c1-2-30-23-16-20(11-12-22(23)31-18-19-8-6-13-25-17-19)24(27)26-14-7-15-32(28,29)21-9-4-3-5-10-21/h3-6,8-13,16-17H,2,7,14-15,18H2,1H3,(H,26,27). The SMILES string of the molecule is CCOc1cc(C(=O)NCCCS(=O)(=O)c2ccccc2)ccc1OCc1cccnc1. The molecule has 32 heavy (non-hydrogen) atoms. The summed E-state index contributed by atoms with van der Waals surface area (Å²) in [5.41, 5.74) is 1.33. The van der Waals surface area contributed by atoms with E-state index in [1.54, 1.807) is 60.9 Å². The van der Waals surface area contributed by atoms with Crippen LogP contribution >= 0.6 is 0 Å². The molecule has 1 heterocycles. The summed E-state index contributed by atoms with van der Waals surface area (Å²) in [5.74, 6) is 0.654. The molecule has 0 atom stereocenters. The highest BCUT2D eigenvalue weighted by molar-refractivity contribution is 7.91. The average Bonchev–Trinajstić information content (AvgIpc) is 2.82. The fourth-order valence-corrected chi connectivity index (χ4v) is 4.33. The number of amides is 1. The van der Waals surface area contributed by atoms with Gasteiger partial charge in [0.2, 0.25) is 0 Å². The molecule has 0 bridgehead atoms. The number of rotatable bonds is 11. The second-order valence-corrected chi connectivity index (χ2v) is 9.10. The minimum absolute atomic E-state index is 0.0391. The average molecular weight is 455 g/mol. The molecule has 168 valence electrons. The number of carbonyl (C=O) groups is 1. The van der Waals surface area contributed by atoms with E-state index in [4.69, 9.17) is 9.47 Å². The third-order valence-corrected chi connectivity index (χ3v) is 6.42. The summed E-state index contributed by atoms with van der Waals surface area (Å²) in [5, 5.41) is 2.76. The third kappa shape index (κ3) is 6.55. The first kappa shape index (κ1) is 23.3. The summed E-state index contributed by atoms with van der Waals surface area (Å²) in [6, 6.07) is 17.0. The van der Waals surface area contributed by atoms with Crippen LogP contribution in [0, 0.1) is 0 Å². The van der Waals surface area contributed by atoms with E-state index in [9.17, 15) is 13.2 Å². The Labute approximate surface area is 188 Å². The molecule has 1 N–H and O–H groups in total. The van der Waals surface area contributed by atoms with E-state index >= 15 is 0 Å². The van der Waals surface area contributed by atoms with Gasteiger partial charge in [0.05, 0.1) is 17.3 Å². The normalized spacial score (nSPS) is 11.0. The zero-order valence-corrected chi connectivity index (χ0v) is 18.7. The van der Waals surface area contributed by atoms with E-state index < -0.39 is 9.84 Å². The van der Waals surface area contributed by atoms with Crippen LogP contribution < -0.4 is 14.8 Å². The van der Waals surface area contributed by atoms with Gasteiger partial charge in [-0.2, -0.15) is 0 Å². The molecule has 0 spiro atoms. The first-order valence-corrected chi connectivity index (χ1v) is 12.0. The van der Waals surface area contributed by atoms with Crippen molar-refractivity contribution in [3.8, 4) is 11.5 Å². The molecule has 0 aliphatic rings. The molecule has 3 aromatic rings. The van der Waals surface area contributed by atoms with Crippen LogP contribution in [0.25, 0.3) is 0 Å². The van der Waals surface area contributed by atoms with Crippen molar-refractivity contribution in [1.82, 2.24) is 10.3 Å². The topological polar surface area (TPSA) is 94.6 Å². The molecule has 2 aromatic carbocycles. The Morgan fingerprint density at radius 1 is 1.00 bits per heavy atom. The second kappa shape index (κ2) is 11.3. The monoisotopic (exact) mass is 454 g/mol. The van der Waals surface area contributed by atoms with Gasteiger partial charge in [-0.1, -0.05) is 24.3 Å². The van der Waals surface area contributed by atoms with Crippen LogP contribution in [-0.4, -0.2) is 38.2 Å². The van der Waals surface area contributed by atoms with E-state index in [1.807, 2.05) is 19.1 Å². The van der Waals surface area contributed by atoms with Crippen molar-refractivity contribution in [3.05, 3.63) is 84.2 Å². The fourth-order valence-electron chi connectivity index (χ4n) is 2.99. The zero-order chi connectivity index (χ0) is 22.8. The summed E-state index contributed by atoms with van der Waals surface area (Å²) in [4.78, 5) is 16.9. The Morgan fingerprint density at radius 3 is 2.53 bits per heavy atom.